The normalized spacial score (nSPS) is 17.3. The zero-order valence-electron chi connectivity index (χ0n) is 22.6. The van der Waals surface area contributed by atoms with Crippen LogP contribution in [0.1, 0.15) is 36.8 Å². The first-order chi connectivity index (χ1) is 18.6. The van der Waals surface area contributed by atoms with Crippen LogP contribution in [-0.2, 0) is 13.0 Å². The highest BCUT2D eigenvalue weighted by atomic mass is 16.5. The summed E-state index contributed by atoms with van der Waals surface area (Å²) in [5.41, 5.74) is 3.51. The van der Waals surface area contributed by atoms with E-state index < -0.39 is 0 Å². The lowest BCUT2D eigenvalue weighted by molar-refractivity contribution is 0.306. The molecule has 0 spiro atoms. The minimum absolute atomic E-state index is 0.435. The van der Waals surface area contributed by atoms with E-state index in [9.17, 15) is 0 Å². The average Bonchev–Trinajstić information content (AvgIpc) is 2.96. The summed E-state index contributed by atoms with van der Waals surface area (Å²) < 4.78 is 5.90. The number of aromatic nitrogens is 2. The lowest BCUT2D eigenvalue weighted by Gasteiger charge is -2.29. The minimum atomic E-state index is 0.435. The number of nitrogens with zero attached hydrogens (tertiary/aromatic N) is 3. The van der Waals surface area contributed by atoms with Gasteiger partial charge in [0.25, 0.3) is 0 Å². The average molecular weight is 510 g/mol. The van der Waals surface area contributed by atoms with Crippen LogP contribution in [0.4, 0.5) is 11.8 Å². The Kier molecular flexibility index (Phi) is 8.71. The monoisotopic (exact) mass is 509 g/mol. The van der Waals surface area contributed by atoms with Crippen molar-refractivity contribution in [3.05, 3.63) is 90.0 Å². The Hall–Kier alpha value is -3.64. The topological polar surface area (TPSA) is 62.3 Å². The molecule has 1 aliphatic rings. The Bertz CT molecular complexity index is 1280. The van der Waals surface area contributed by atoms with Crippen molar-refractivity contribution in [3.63, 3.8) is 0 Å². The van der Waals surface area contributed by atoms with Gasteiger partial charge in [0.2, 0.25) is 5.95 Å². The van der Waals surface area contributed by atoms with Gasteiger partial charge < -0.3 is 20.3 Å². The van der Waals surface area contributed by atoms with Crippen LogP contribution in [-0.4, -0.2) is 43.2 Å². The summed E-state index contributed by atoms with van der Waals surface area (Å²) in [5, 5.41) is 8.40. The van der Waals surface area contributed by atoms with E-state index in [-0.39, 0.29) is 0 Å². The maximum Gasteiger partial charge on any atom is 0.225 e. The van der Waals surface area contributed by atoms with Crippen LogP contribution in [0.3, 0.4) is 0 Å². The maximum atomic E-state index is 5.90. The van der Waals surface area contributed by atoms with Gasteiger partial charge in [-0.25, -0.2) is 4.98 Å². The van der Waals surface area contributed by atoms with Gasteiger partial charge in [0.05, 0.1) is 5.52 Å². The van der Waals surface area contributed by atoms with E-state index >= 15 is 0 Å². The number of nitrogens with one attached hydrogen (secondary N) is 2. The van der Waals surface area contributed by atoms with E-state index in [0.29, 0.717) is 12.6 Å². The van der Waals surface area contributed by atoms with E-state index in [2.05, 4.69) is 64.1 Å². The van der Waals surface area contributed by atoms with Gasteiger partial charge in [0.15, 0.2) is 0 Å². The molecule has 4 aromatic rings. The second-order valence-electron chi connectivity index (χ2n) is 10.5. The first kappa shape index (κ1) is 26.0. The van der Waals surface area contributed by atoms with Crippen LogP contribution in [0.2, 0.25) is 0 Å². The molecule has 6 nitrogen and oxygen atoms in total. The molecule has 1 saturated carbocycles. The predicted octanol–water partition coefficient (Wildman–Crippen LogP) is 6.08. The molecule has 38 heavy (non-hydrogen) atoms. The quantitative estimate of drug-likeness (QED) is 0.239. The molecule has 0 unspecified atom stereocenters. The van der Waals surface area contributed by atoms with Crippen LogP contribution >= 0.6 is 0 Å². The van der Waals surface area contributed by atoms with E-state index in [0.717, 1.165) is 66.7 Å². The Morgan fingerprint density at radius 2 is 1.55 bits per heavy atom. The molecule has 0 saturated heterocycles. The van der Waals surface area contributed by atoms with Crippen molar-refractivity contribution >= 4 is 22.7 Å². The highest BCUT2D eigenvalue weighted by Crippen LogP contribution is 2.28. The van der Waals surface area contributed by atoms with E-state index in [4.69, 9.17) is 14.7 Å². The Labute approximate surface area is 226 Å². The molecule has 2 N–H and O–H groups in total. The minimum Gasteiger partial charge on any atom is -0.489 e. The Morgan fingerprint density at radius 1 is 0.816 bits per heavy atom. The predicted molar refractivity (Wildman–Crippen MR) is 157 cm³/mol. The van der Waals surface area contributed by atoms with Gasteiger partial charge in [-0.3, -0.25) is 0 Å². The number of ether oxygens (including phenoxy) is 1. The number of fused-ring (bicyclic) bond motifs is 1. The zero-order valence-corrected chi connectivity index (χ0v) is 22.6. The molecule has 5 rings (SSSR count). The smallest absolute Gasteiger partial charge is 0.225 e. The van der Waals surface area contributed by atoms with Gasteiger partial charge in [0.1, 0.15) is 18.2 Å². The molecular weight excluding hydrogens is 470 g/mol. The van der Waals surface area contributed by atoms with Gasteiger partial charge in [-0.2, -0.15) is 4.98 Å². The van der Waals surface area contributed by atoms with Crippen molar-refractivity contribution in [2.24, 2.45) is 5.92 Å². The largest absolute Gasteiger partial charge is 0.489 e. The molecule has 6 heteroatoms. The first-order valence-corrected chi connectivity index (χ1v) is 13.8. The van der Waals surface area contributed by atoms with E-state index in [1.165, 1.54) is 24.0 Å². The highest BCUT2D eigenvalue weighted by Gasteiger charge is 2.22. The molecule has 0 atom stereocenters. The first-order valence-electron chi connectivity index (χ1n) is 13.8. The molecular formula is C32H39N5O. The highest BCUT2D eigenvalue weighted by molar-refractivity contribution is 5.90. The zero-order chi connectivity index (χ0) is 26.2. The van der Waals surface area contributed by atoms with Crippen LogP contribution in [0.15, 0.2) is 78.9 Å². The summed E-state index contributed by atoms with van der Waals surface area (Å²) in [7, 11) is 4.07. The number of rotatable bonds is 11. The summed E-state index contributed by atoms with van der Waals surface area (Å²) in [6.07, 6.45) is 5.80. The van der Waals surface area contributed by atoms with E-state index in [1.807, 2.05) is 44.4 Å². The van der Waals surface area contributed by atoms with Crippen molar-refractivity contribution < 1.29 is 4.74 Å². The molecule has 198 valence electrons. The third-order valence-corrected chi connectivity index (χ3v) is 7.38. The Morgan fingerprint density at radius 3 is 2.32 bits per heavy atom. The second-order valence-corrected chi connectivity index (χ2v) is 10.5. The standard InChI is InChI=1S/C32H39N5O/c1-37(2)31-29-10-6-7-11-30(29)35-32(36-31)34-27-16-12-25(13-17-27)22-33-21-20-24-14-18-28(19-15-24)38-23-26-8-4-3-5-9-26/h3-11,14-15,18-19,25,27,33H,12-13,16-17,20-23H2,1-2H3,(H,34,35,36)/t25-,27+. The van der Waals surface area contributed by atoms with Crippen LogP contribution in [0, 0.1) is 5.92 Å². The van der Waals surface area contributed by atoms with Gasteiger partial charge in [-0.1, -0.05) is 54.6 Å². The summed E-state index contributed by atoms with van der Waals surface area (Å²) >= 11 is 0. The third kappa shape index (κ3) is 7.01. The fourth-order valence-corrected chi connectivity index (χ4v) is 5.19. The number of benzene rings is 3. The van der Waals surface area contributed by atoms with Crippen molar-refractivity contribution in [1.29, 1.82) is 0 Å². The van der Waals surface area contributed by atoms with Crippen molar-refractivity contribution in [1.82, 2.24) is 15.3 Å². The van der Waals surface area contributed by atoms with E-state index in [1.54, 1.807) is 0 Å². The summed E-state index contributed by atoms with van der Waals surface area (Å²) in [5.74, 6) is 3.36. The maximum absolute atomic E-state index is 5.90. The SMILES string of the molecule is CN(C)c1nc(N[C@H]2CC[C@@H](CNCCc3ccc(OCc4ccccc4)cc3)CC2)nc2ccccc12. The fourth-order valence-electron chi connectivity index (χ4n) is 5.19. The molecule has 0 bridgehead atoms. The van der Waals surface area contributed by atoms with Gasteiger partial charge in [-0.05, 0) is 86.5 Å². The lowest BCUT2D eigenvalue weighted by Crippen LogP contribution is -2.32. The van der Waals surface area contributed by atoms with Crippen LogP contribution in [0.25, 0.3) is 10.9 Å². The van der Waals surface area contributed by atoms with Crippen molar-refractivity contribution in [2.75, 3.05) is 37.4 Å². The lowest BCUT2D eigenvalue weighted by atomic mass is 9.86. The van der Waals surface area contributed by atoms with Gasteiger partial charge in [-0.15, -0.1) is 0 Å². The molecule has 0 aliphatic heterocycles. The van der Waals surface area contributed by atoms with Crippen LogP contribution in [0.5, 0.6) is 5.75 Å². The molecule has 1 aromatic heterocycles. The molecule has 1 aliphatic carbocycles. The number of para-hydroxylation sites is 1. The molecule has 3 aromatic carbocycles. The second kappa shape index (κ2) is 12.7. The third-order valence-electron chi connectivity index (χ3n) is 7.38. The summed E-state index contributed by atoms with van der Waals surface area (Å²) in [6, 6.07) is 27.4. The molecule has 1 fully saturated rings. The number of hydrogen-bond donors (Lipinski definition) is 2. The van der Waals surface area contributed by atoms with Crippen LogP contribution < -0.4 is 20.3 Å². The molecule has 0 amide bonds. The molecule has 0 radical (unpaired) electrons. The fraction of sp³-hybridized carbons (Fsp3) is 0.375. The summed E-state index contributed by atoms with van der Waals surface area (Å²) in [6.45, 7) is 2.69. The molecule has 1 heterocycles. The van der Waals surface area contributed by atoms with Gasteiger partial charge in [0, 0.05) is 25.5 Å². The van der Waals surface area contributed by atoms with Crippen molar-refractivity contribution in [3.8, 4) is 5.75 Å². The number of anilines is 2. The van der Waals surface area contributed by atoms with Gasteiger partial charge >= 0.3 is 0 Å². The Balaban J connectivity index is 1.01. The summed E-state index contributed by atoms with van der Waals surface area (Å²) in [4.78, 5) is 11.7. The number of hydrogen-bond acceptors (Lipinski definition) is 6. The van der Waals surface area contributed by atoms with Crippen molar-refractivity contribution in [2.45, 2.75) is 44.8 Å².